The minimum Gasteiger partial charge on any atom is -0.313 e. The number of anilines is 2. The quantitative estimate of drug-likeness (QED) is 0.489. The molecular weight excluding hydrogens is 405 g/mol. The second-order valence-electron chi connectivity index (χ2n) is 5.71. The van der Waals surface area contributed by atoms with Crippen molar-refractivity contribution in [3.05, 3.63) is 58.3 Å². The summed E-state index contributed by atoms with van der Waals surface area (Å²) in [4.78, 5) is 0. The van der Waals surface area contributed by atoms with Gasteiger partial charge in [-0.15, -0.1) is 10.2 Å². The predicted molar refractivity (Wildman–Crippen MR) is 108 cm³/mol. The van der Waals surface area contributed by atoms with Crippen molar-refractivity contribution in [2.75, 3.05) is 5.32 Å². The SMILES string of the molecule is CCn1cc(Cl)c(-c2nnc(Nc3ccn(Cc4ccccc4Cl)n3)s2)n1. The summed E-state index contributed by atoms with van der Waals surface area (Å²) < 4.78 is 3.58. The Kier molecular flexibility index (Phi) is 5.11. The highest BCUT2D eigenvalue weighted by molar-refractivity contribution is 7.18. The molecule has 27 heavy (non-hydrogen) atoms. The molecule has 7 nitrogen and oxygen atoms in total. The van der Waals surface area contributed by atoms with Crippen molar-refractivity contribution in [1.82, 2.24) is 29.8 Å². The van der Waals surface area contributed by atoms with E-state index in [-0.39, 0.29) is 0 Å². The van der Waals surface area contributed by atoms with E-state index in [4.69, 9.17) is 23.2 Å². The molecule has 138 valence electrons. The lowest BCUT2D eigenvalue weighted by atomic mass is 10.2. The summed E-state index contributed by atoms with van der Waals surface area (Å²) in [5, 5.41) is 22.9. The number of halogens is 2. The summed E-state index contributed by atoms with van der Waals surface area (Å²) >= 11 is 13.8. The summed E-state index contributed by atoms with van der Waals surface area (Å²) in [6, 6.07) is 9.58. The van der Waals surface area contributed by atoms with Gasteiger partial charge in [0.15, 0.2) is 10.8 Å². The number of benzene rings is 1. The van der Waals surface area contributed by atoms with Crippen LogP contribution in [0.5, 0.6) is 0 Å². The Morgan fingerprint density at radius 1 is 1.04 bits per heavy atom. The molecule has 10 heteroatoms. The molecule has 0 unspecified atom stereocenters. The summed E-state index contributed by atoms with van der Waals surface area (Å²) in [6.07, 6.45) is 3.66. The molecule has 0 saturated carbocycles. The highest BCUT2D eigenvalue weighted by atomic mass is 35.5. The molecule has 0 amide bonds. The Balaban J connectivity index is 1.47. The maximum Gasteiger partial charge on any atom is 0.211 e. The normalized spacial score (nSPS) is 11.1. The fraction of sp³-hybridized carbons (Fsp3) is 0.176. The van der Waals surface area contributed by atoms with Gasteiger partial charge in [-0.2, -0.15) is 10.2 Å². The molecule has 0 fully saturated rings. The Hall–Kier alpha value is -2.42. The molecule has 4 rings (SSSR count). The van der Waals surface area contributed by atoms with E-state index in [1.54, 1.807) is 10.9 Å². The minimum atomic E-state index is 0.559. The molecule has 1 N–H and O–H groups in total. The summed E-state index contributed by atoms with van der Waals surface area (Å²) in [5.74, 6) is 0.676. The maximum atomic E-state index is 6.23. The van der Waals surface area contributed by atoms with E-state index in [9.17, 15) is 0 Å². The Labute approximate surface area is 169 Å². The van der Waals surface area contributed by atoms with Gasteiger partial charge in [0.25, 0.3) is 0 Å². The van der Waals surface area contributed by atoms with Crippen LogP contribution in [-0.2, 0) is 13.1 Å². The van der Waals surface area contributed by atoms with Crippen molar-refractivity contribution < 1.29 is 0 Å². The molecule has 3 heterocycles. The lowest BCUT2D eigenvalue weighted by molar-refractivity contribution is 0.662. The zero-order valence-electron chi connectivity index (χ0n) is 14.3. The molecule has 0 aliphatic rings. The third kappa shape index (κ3) is 3.97. The van der Waals surface area contributed by atoms with E-state index >= 15 is 0 Å². The standard InChI is InChI=1S/C17H15Cl2N7S/c1-2-25-10-13(19)15(24-25)16-21-22-17(27-16)20-14-7-8-26(23-14)9-11-5-3-4-6-12(11)18/h3-8,10H,2,9H2,1H3,(H,20,22,23). The molecule has 0 aliphatic heterocycles. The first-order valence-electron chi connectivity index (χ1n) is 8.23. The van der Waals surface area contributed by atoms with Crippen LogP contribution in [0.3, 0.4) is 0 Å². The van der Waals surface area contributed by atoms with Crippen LogP contribution < -0.4 is 5.32 Å². The zero-order chi connectivity index (χ0) is 18.8. The van der Waals surface area contributed by atoms with Crippen LogP contribution in [0.15, 0.2) is 42.7 Å². The average molecular weight is 420 g/mol. The van der Waals surface area contributed by atoms with Gasteiger partial charge in [-0.3, -0.25) is 9.36 Å². The number of nitrogens with zero attached hydrogens (tertiary/aromatic N) is 6. The topological polar surface area (TPSA) is 73.5 Å². The average Bonchev–Trinajstić information content (AvgIpc) is 3.38. The van der Waals surface area contributed by atoms with Crippen molar-refractivity contribution in [3.63, 3.8) is 0 Å². The Bertz CT molecular complexity index is 1070. The number of aromatic nitrogens is 6. The largest absolute Gasteiger partial charge is 0.313 e. The predicted octanol–water partition coefficient (Wildman–Crippen LogP) is 4.72. The lowest BCUT2D eigenvalue weighted by Gasteiger charge is -2.04. The van der Waals surface area contributed by atoms with Crippen LogP contribution in [0.4, 0.5) is 10.9 Å². The second kappa shape index (κ2) is 7.67. The monoisotopic (exact) mass is 419 g/mol. The van der Waals surface area contributed by atoms with E-state index in [2.05, 4.69) is 25.7 Å². The van der Waals surface area contributed by atoms with Crippen LogP contribution in [0.1, 0.15) is 12.5 Å². The number of hydrogen-bond acceptors (Lipinski definition) is 6. The van der Waals surface area contributed by atoms with E-state index in [0.717, 1.165) is 17.1 Å². The molecule has 1 aromatic carbocycles. The number of aryl methyl sites for hydroxylation is 1. The summed E-state index contributed by atoms with van der Waals surface area (Å²) in [5.41, 5.74) is 1.64. The zero-order valence-corrected chi connectivity index (χ0v) is 16.6. The Morgan fingerprint density at radius 3 is 2.67 bits per heavy atom. The lowest BCUT2D eigenvalue weighted by Crippen LogP contribution is -2.01. The molecule has 0 spiro atoms. The van der Waals surface area contributed by atoms with Gasteiger partial charge in [-0.25, -0.2) is 0 Å². The van der Waals surface area contributed by atoms with Crippen LogP contribution in [0.25, 0.3) is 10.7 Å². The smallest absolute Gasteiger partial charge is 0.211 e. The van der Waals surface area contributed by atoms with Gasteiger partial charge in [0.05, 0.1) is 11.6 Å². The van der Waals surface area contributed by atoms with Gasteiger partial charge in [0.1, 0.15) is 5.69 Å². The van der Waals surface area contributed by atoms with Gasteiger partial charge < -0.3 is 5.32 Å². The second-order valence-corrected chi connectivity index (χ2v) is 7.50. The van der Waals surface area contributed by atoms with Gasteiger partial charge in [0, 0.05) is 30.0 Å². The molecule has 0 atom stereocenters. The molecule has 3 aromatic heterocycles. The highest BCUT2D eigenvalue weighted by Crippen LogP contribution is 2.31. The van der Waals surface area contributed by atoms with Crippen LogP contribution >= 0.6 is 34.5 Å². The van der Waals surface area contributed by atoms with Gasteiger partial charge in [-0.05, 0) is 18.6 Å². The number of hydrogen-bond donors (Lipinski definition) is 1. The molecule has 0 aliphatic carbocycles. The van der Waals surface area contributed by atoms with Crippen LogP contribution in [0.2, 0.25) is 10.0 Å². The van der Waals surface area contributed by atoms with Crippen molar-refractivity contribution in [1.29, 1.82) is 0 Å². The fourth-order valence-electron chi connectivity index (χ4n) is 2.50. The first kappa shape index (κ1) is 18.0. The first-order valence-corrected chi connectivity index (χ1v) is 9.80. The van der Waals surface area contributed by atoms with E-state index in [0.29, 0.717) is 33.2 Å². The Morgan fingerprint density at radius 2 is 1.89 bits per heavy atom. The number of nitrogens with one attached hydrogen (secondary N) is 1. The first-order chi connectivity index (χ1) is 13.1. The summed E-state index contributed by atoms with van der Waals surface area (Å²) in [6.45, 7) is 3.33. The maximum absolute atomic E-state index is 6.23. The highest BCUT2D eigenvalue weighted by Gasteiger charge is 2.15. The minimum absolute atomic E-state index is 0.559. The third-order valence-corrected chi connectivity index (χ3v) is 5.33. The fourth-order valence-corrected chi connectivity index (χ4v) is 3.74. The molecule has 0 radical (unpaired) electrons. The van der Waals surface area contributed by atoms with Crippen molar-refractivity contribution in [2.45, 2.75) is 20.0 Å². The van der Waals surface area contributed by atoms with E-state index < -0.39 is 0 Å². The van der Waals surface area contributed by atoms with Crippen molar-refractivity contribution in [3.8, 4) is 10.7 Å². The summed E-state index contributed by atoms with van der Waals surface area (Å²) in [7, 11) is 0. The van der Waals surface area contributed by atoms with E-state index in [1.165, 1.54) is 11.3 Å². The van der Waals surface area contributed by atoms with Gasteiger partial charge >= 0.3 is 0 Å². The van der Waals surface area contributed by atoms with Gasteiger partial charge in [0.2, 0.25) is 5.13 Å². The van der Waals surface area contributed by atoms with E-state index in [1.807, 2.05) is 48.1 Å². The molecular formula is C17H15Cl2N7S. The van der Waals surface area contributed by atoms with Crippen molar-refractivity contribution >= 4 is 45.5 Å². The van der Waals surface area contributed by atoms with Crippen molar-refractivity contribution in [2.24, 2.45) is 0 Å². The van der Waals surface area contributed by atoms with Gasteiger partial charge in [-0.1, -0.05) is 52.7 Å². The van der Waals surface area contributed by atoms with Crippen LogP contribution in [-0.4, -0.2) is 29.8 Å². The van der Waals surface area contributed by atoms with Crippen LogP contribution in [0, 0.1) is 0 Å². The molecule has 0 saturated heterocycles. The molecule has 0 bridgehead atoms. The molecule has 4 aromatic rings. The number of rotatable bonds is 6. The third-order valence-electron chi connectivity index (χ3n) is 3.83.